The van der Waals surface area contributed by atoms with Crippen LogP contribution in [-0.4, -0.2) is 39.5 Å². The number of fused-ring (bicyclic) bond motifs is 2. The lowest BCUT2D eigenvalue weighted by Gasteiger charge is -2.33. The molecule has 4 rings (SSSR count). The van der Waals surface area contributed by atoms with Gasteiger partial charge in [0.1, 0.15) is 0 Å². The summed E-state index contributed by atoms with van der Waals surface area (Å²) < 4.78 is 25.7. The second-order valence-electron chi connectivity index (χ2n) is 6.14. The van der Waals surface area contributed by atoms with Crippen LogP contribution in [0, 0.1) is 0 Å². The van der Waals surface area contributed by atoms with Gasteiger partial charge in [0.15, 0.2) is 0 Å². The molecule has 128 valence electrons. The van der Waals surface area contributed by atoms with E-state index in [9.17, 15) is 8.42 Å². The lowest BCUT2D eigenvalue weighted by atomic mass is 10.2. The van der Waals surface area contributed by atoms with Crippen LogP contribution in [0.1, 0.15) is 12.8 Å². The van der Waals surface area contributed by atoms with Crippen LogP contribution in [0.5, 0.6) is 0 Å². The number of nitrogens with zero attached hydrogens (tertiary/aromatic N) is 2. The van der Waals surface area contributed by atoms with E-state index in [-0.39, 0.29) is 12.4 Å². The van der Waals surface area contributed by atoms with Crippen molar-refractivity contribution in [1.82, 2.24) is 4.90 Å². The zero-order valence-electron chi connectivity index (χ0n) is 13.4. The molecular formula is C18H21ClN2O2S. The van der Waals surface area contributed by atoms with E-state index >= 15 is 0 Å². The van der Waals surface area contributed by atoms with E-state index in [0.29, 0.717) is 9.79 Å². The van der Waals surface area contributed by atoms with E-state index in [0.717, 1.165) is 37.6 Å². The third kappa shape index (κ3) is 2.81. The molecular weight excluding hydrogens is 344 g/mol. The third-order valence-corrected chi connectivity index (χ3v) is 6.58. The Labute approximate surface area is 149 Å². The van der Waals surface area contributed by atoms with Crippen molar-refractivity contribution in [2.45, 2.75) is 22.6 Å². The Hall–Kier alpha value is -1.56. The van der Waals surface area contributed by atoms with Crippen LogP contribution in [0.25, 0.3) is 0 Å². The maximum atomic E-state index is 12.9. The van der Waals surface area contributed by atoms with Gasteiger partial charge in [-0.15, -0.1) is 12.4 Å². The summed E-state index contributed by atoms with van der Waals surface area (Å²) in [5.41, 5.74) is 1.59. The quantitative estimate of drug-likeness (QED) is 0.836. The molecule has 0 saturated carbocycles. The van der Waals surface area contributed by atoms with Gasteiger partial charge in [-0.3, -0.25) is 0 Å². The Morgan fingerprint density at radius 3 is 1.83 bits per heavy atom. The van der Waals surface area contributed by atoms with Crippen molar-refractivity contribution in [3.63, 3.8) is 0 Å². The molecule has 0 amide bonds. The van der Waals surface area contributed by atoms with Crippen LogP contribution in [0.15, 0.2) is 58.3 Å². The maximum absolute atomic E-state index is 12.9. The van der Waals surface area contributed by atoms with Crippen LogP contribution >= 0.6 is 12.4 Å². The highest BCUT2D eigenvalue weighted by Gasteiger charge is 2.33. The van der Waals surface area contributed by atoms with Crippen LogP contribution in [0.3, 0.4) is 0 Å². The minimum atomic E-state index is -3.43. The minimum Gasteiger partial charge on any atom is -0.338 e. The predicted molar refractivity (Wildman–Crippen MR) is 98.3 cm³/mol. The van der Waals surface area contributed by atoms with Gasteiger partial charge < -0.3 is 9.80 Å². The maximum Gasteiger partial charge on any atom is 0.210 e. The lowest BCUT2D eigenvalue weighted by Crippen LogP contribution is -2.34. The van der Waals surface area contributed by atoms with Crippen LogP contribution in [0.2, 0.25) is 0 Å². The molecule has 2 aromatic carbocycles. The first-order valence-electron chi connectivity index (χ1n) is 8.11. The summed E-state index contributed by atoms with van der Waals surface area (Å²) in [4.78, 5) is 5.44. The topological polar surface area (TPSA) is 40.6 Å². The normalized spacial score (nSPS) is 18.6. The summed E-state index contributed by atoms with van der Waals surface area (Å²) in [6.07, 6.45) is 2.53. The van der Waals surface area contributed by atoms with Gasteiger partial charge in [0.25, 0.3) is 0 Å². The molecule has 2 aliphatic heterocycles. The summed E-state index contributed by atoms with van der Waals surface area (Å²) in [6, 6.07) is 14.6. The summed E-state index contributed by atoms with van der Waals surface area (Å²) in [5.74, 6) is 0. The molecule has 0 aliphatic carbocycles. The third-order valence-electron chi connectivity index (χ3n) is 4.73. The number of benzene rings is 2. The van der Waals surface area contributed by atoms with E-state index in [1.54, 1.807) is 24.3 Å². The van der Waals surface area contributed by atoms with Gasteiger partial charge in [-0.1, -0.05) is 24.3 Å². The van der Waals surface area contributed by atoms with Crippen molar-refractivity contribution in [3.8, 4) is 0 Å². The Morgan fingerprint density at radius 2 is 1.29 bits per heavy atom. The number of rotatable bonds is 3. The molecule has 1 fully saturated rings. The molecule has 0 spiro atoms. The Bertz CT molecular complexity index is 779. The van der Waals surface area contributed by atoms with Crippen molar-refractivity contribution in [2.75, 3.05) is 31.1 Å². The van der Waals surface area contributed by atoms with Crippen LogP contribution in [-0.2, 0) is 9.84 Å². The highest BCUT2D eigenvalue weighted by Crippen LogP contribution is 2.43. The van der Waals surface area contributed by atoms with E-state index in [2.05, 4.69) is 9.80 Å². The van der Waals surface area contributed by atoms with Crippen LogP contribution in [0.4, 0.5) is 11.4 Å². The molecule has 0 radical (unpaired) electrons. The zero-order valence-corrected chi connectivity index (χ0v) is 15.0. The largest absolute Gasteiger partial charge is 0.338 e. The number of sulfone groups is 1. The monoisotopic (exact) mass is 364 g/mol. The van der Waals surface area contributed by atoms with E-state index in [1.165, 1.54) is 12.8 Å². The second kappa shape index (κ2) is 6.75. The zero-order chi connectivity index (χ0) is 15.9. The van der Waals surface area contributed by atoms with E-state index in [4.69, 9.17) is 0 Å². The van der Waals surface area contributed by atoms with Gasteiger partial charge in [-0.25, -0.2) is 8.42 Å². The summed E-state index contributed by atoms with van der Waals surface area (Å²) >= 11 is 0. The fraction of sp³-hybridized carbons (Fsp3) is 0.333. The van der Waals surface area contributed by atoms with Gasteiger partial charge >= 0.3 is 0 Å². The molecule has 6 heteroatoms. The Kier molecular flexibility index (Phi) is 4.85. The van der Waals surface area contributed by atoms with Crippen molar-refractivity contribution in [1.29, 1.82) is 0 Å². The molecule has 2 aromatic rings. The molecule has 24 heavy (non-hydrogen) atoms. The first-order valence-corrected chi connectivity index (χ1v) is 9.59. The molecule has 0 N–H and O–H groups in total. The highest BCUT2D eigenvalue weighted by molar-refractivity contribution is 7.92. The molecule has 0 bridgehead atoms. The Morgan fingerprint density at radius 1 is 0.792 bits per heavy atom. The van der Waals surface area contributed by atoms with Gasteiger partial charge in [0, 0.05) is 13.1 Å². The molecule has 0 aromatic heterocycles. The van der Waals surface area contributed by atoms with Crippen LogP contribution < -0.4 is 4.90 Å². The molecule has 0 unspecified atom stereocenters. The fourth-order valence-electron chi connectivity index (χ4n) is 3.55. The standard InChI is InChI=1S/C18H20N2O2S.ClH/c21-23(22)17-9-3-1-7-15(17)20(14-13-19-11-5-6-12-19)16-8-2-4-10-18(16)23;/h1-4,7-10H,5-6,11-14H2;1H. The smallest absolute Gasteiger partial charge is 0.210 e. The second-order valence-corrected chi connectivity index (χ2v) is 8.03. The average Bonchev–Trinajstić information content (AvgIpc) is 3.09. The first kappa shape index (κ1) is 17.3. The number of para-hydroxylation sites is 2. The van der Waals surface area contributed by atoms with E-state index in [1.807, 2.05) is 24.3 Å². The summed E-state index contributed by atoms with van der Waals surface area (Å²) in [5, 5.41) is 0. The number of likely N-dealkylation sites (tertiary alicyclic amines) is 1. The van der Waals surface area contributed by atoms with Crippen molar-refractivity contribution in [2.24, 2.45) is 0 Å². The predicted octanol–water partition coefficient (Wildman–Crippen LogP) is 3.49. The van der Waals surface area contributed by atoms with Gasteiger partial charge in [-0.05, 0) is 50.2 Å². The van der Waals surface area contributed by atoms with Gasteiger partial charge in [0.2, 0.25) is 9.84 Å². The minimum absolute atomic E-state index is 0. The number of halogens is 1. The van der Waals surface area contributed by atoms with Crippen molar-refractivity contribution in [3.05, 3.63) is 48.5 Å². The summed E-state index contributed by atoms with van der Waals surface area (Å²) in [7, 11) is -3.43. The SMILES string of the molecule is Cl.O=S1(=O)c2ccccc2N(CCN2CCCC2)c2ccccc21. The van der Waals surface area contributed by atoms with Gasteiger partial charge in [-0.2, -0.15) is 0 Å². The molecule has 0 atom stereocenters. The molecule has 1 saturated heterocycles. The average molecular weight is 365 g/mol. The van der Waals surface area contributed by atoms with E-state index < -0.39 is 9.84 Å². The highest BCUT2D eigenvalue weighted by atomic mass is 35.5. The molecule has 2 aliphatic rings. The molecule has 4 nitrogen and oxygen atoms in total. The molecule has 2 heterocycles. The number of anilines is 2. The van der Waals surface area contributed by atoms with Crippen molar-refractivity contribution < 1.29 is 8.42 Å². The lowest BCUT2D eigenvalue weighted by molar-refractivity contribution is 0.347. The summed E-state index contributed by atoms with van der Waals surface area (Å²) in [6.45, 7) is 4.07. The fourth-order valence-corrected chi connectivity index (χ4v) is 5.21. The van der Waals surface area contributed by atoms with Crippen molar-refractivity contribution >= 4 is 33.6 Å². The first-order chi connectivity index (χ1) is 11.2. The van der Waals surface area contributed by atoms with Gasteiger partial charge in [0.05, 0.1) is 21.2 Å². The Balaban J connectivity index is 0.00000169. The number of hydrogen-bond donors (Lipinski definition) is 0. The number of hydrogen-bond acceptors (Lipinski definition) is 4.